The van der Waals surface area contributed by atoms with Crippen molar-refractivity contribution in [2.75, 3.05) is 0 Å². The van der Waals surface area contributed by atoms with Gasteiger partial charge in [0.2, 0.25) is 0 Å². The molecule has 0 atom stereocenters. The SMILES string of the molecule is [Fe+2].c1cc[cH-]c1.c1ccc2nc(-[c-]3cccc3)cnc2c1. The molecular formula is C18H14FeN2. The first-order valence-electron chi connectivity index (χ1n) is 6.54. The third-order valence-electron chi connectivity index (χ3n) is 2.96. The van der Waals surface area contributed by atoms with E-state index >= 15 is 0 Å². The summed E-state index contributed by atoms with van der Waals surface area (Å²) in [5, 5.41) is 0. The van der Waals surface area contributed by atoms with Gasteiger partial charge in [0.25, 0.3) is 0 Å². The maximum Gasteiger partial charge on any atom is 2.00 e. The third kappa shape index (κ3) is 3.88. The van der Waals surface area contributed by atoms with E-state index in [9.17, 15) is 0 Å². The minimum atomic E-state index is 0. The van der Waals surface area contributed by atoms with Gasteiger partial charge in [-0.15, -0.1) is 12.1 Å². The van der Waals surface area contributed by atoms with E-state index in [1.54, 1.807) is 0 Å². The molecule has 0 aliphatic heterocycles. The largest absolute Gasteiger partial charge is 2.00 e. The van der Waals surface area contributed by atoms with Crippen LogP contribution >= 0.6 is 0 Å². The Hall–Kier alpha value is -2.22. The van der Waals surface area contributed by atoms with Crippen molar-refractivity contribution in [3.63, 3.8) is 0 Å². The number of rotatable bonds is 1. The molecule has 3 heteroatoms. The van der Waals surface area contributed by atoms with E-state index in [0.717, 1.165) is 22.3 Å². The van der Waals surface area contributed by atoms with Crippen molar-refractivity contribution in [3.8, 4) is 11.3 Å². The molecule has 0 saturated carbocycles. The molecule has 1 aromatic heterocycles. The van der Waals surface area contributed by atoms with Crippen LogP contribution in [0.5, 0.6) is 0 Å². The molecule has 0 aliphatic carbocycles. The van der Waals surface area contributed by atoms with Crippen molar-refractivity contribution in [2.24, 2.45) is 0 Å². The van der Waals surface area contributed by atoms with Crippen LogP contribution in [0.15, 0.2) is 85.1 Å². The van der Waals surface area contributed by atoms with E-state index in [0.29, 0.717) is 0 Å². The standard InChI is InChI=1S/C13H9N2.C5H5.Fe/c1-2-6-10(5-1)13-9-14-11-7-3-4-8-12(11)15-13;1-2-4-5-3-1;/h1-9H;1-5H;/q2*-1;+2. The number of aromatic nitrogens is 2. The fraction of sp³-hybridized carbons (Fsp3) is 0. The van der Waals surface area contributed by atoms with Crippen molar-refractivity contribution >= 4 is 11.0 Å². The Kier molecular flexibility index (Phi) is 5.44. The average molecular weight is 314 g/mol. The zero-order valence-electron chi connectivity index (χ0n) is 11.3. The Morgan fingerprint density at radius 3 is 2.10 bits per heavy atom. The van der Waals surface area contributed by atoms with E-state index in [2.05, 4.69) is 9.97 Å². The summed E-state index contributed by atoms with van der Waals surface area (Å²) in [6.45, 7) is 0. The van der Waals surface area contributed by atoms with Gasteiger partial charge in [0.05, 0.1) is 11.0 Å². The summed E-state index contributed by atoms with van der Waals surface area (Å²) in [5.74, 6) is 0. The van der Waals surface area contributed by atoms with Crippen LogP contribution in [0, 0.1) is 0 Å². The second-order valence-corrected chi connectivity index (χ2v) is 4.38. The van der Waals surface area contributed by atoms with Crippen LogP contribution < -0.4 is 0 Å². The van der Waals surface area contributed by atoms with Gasteiger partial charge in [-0.05, 0) is 18.3 Å². The summed E-state index contributed by atoms with van der Waals surface area (Å²) < 4.78 is 0. The summed E-state index contributed by atoms with van der Waals surface area (Å²) in [4.78, 5) is 8.93. The Morgan fingerprint density at radius 2 is 1.48 bits per heavy atom. The second-order valence-electron chi connectivity index (χ2n) is 4.38. The van der Waals surface area contributed by atoms with Gasteiger partial charge in [0.1, 0.15) is 0 Å². The van der Waals surface area contributed by atoms with Crippen LogP contribution in [0.3, 0.4) is 0 Å². The maximum absolute atomic E-state index is 4.56. The van der Waals surface area contributed by atoms with Gasteiger partial charge < -0.3 is 0 Å². The monoisotopic (exact) mass is 314 g/mol. The topological polar surface area (TPSA) is 25.8 Å². The normalized spacial score (nSPS) is 9.52. The smallest absolute Gasteiger partial charge is 0.300 e. The van der Waals surface area contributed by atoms with Gasteiger partial charge in [0.15, 0.2) is 0 Å². The van der Waals surface area contributed by atoms with Crippen molar-refractivity contribution in [1.29, 1.82) is 0 Å². The first-order valence-corrected chi connectivity index (χ1v) is 6.54. The number of benzene rings is 1. The molecule has 0 amide bonds. The molecule has 3 aromatic carbocycles. The van der Waals surface area contributed by atoms with E-state index in [1.165, 1.54) is 0 Å². The molecule has 0 N–H and O–H groups in total. The first-order chi connectivity index (χ1) is 9.93. The van der Waals surface area contributed by atoms with Crippen LogP contribution in [-0.2, 0) is 17.1 Å². The zero-order chi connectivity index (χ0) is 13.6. The molecule has 0 fully saturated rings. The molecular weight excluding hydrogens is 300 g/mol. The molecule has 0 aliphatic rings. The Bertz CT molecular complexity index is 742. The average Bonchev–Trinajstić information content (AvgIpc) is 3.22. The molecule has 0 bridgehead atoms. The predicted octanol–water partition coefficient (Wildman–Crippen LogP) is 4.42. The summed E-state index contributed by atoms with van der Waals surface area (Å²) in [6.07, 6.45) is 1.82. The fourth-order valence-corrected chi connectivity index (χ4v) is 1.96. The van der Waals surface area contributed by atoms with Gasteiger partial charge in [-0.2, -0.15) is 30.3 Å². The van der Waals surface area contributed by atoms with Crippen molar-refractivity contribution in [2.45, 2.75) is 0 Å². The van der Waals surface area contributed by atoms with Crippen molar-refractivity contribution in [3.05, 3.63) is 85.1 Å². The third-order valence-corrected chi connectivity index (χ3v) is 2.96. The van der Waals surface area contributed by atoms with Gasteiger partial charge in [-0.3, -0.25) is 9.97 Å². The molecule has 0 spiro atoms. The predicted molar refractivity (Wildman–Crippen MR) is 82.6 cm³/mol. The summed E-state index contributed by atoms with van der Waals surface area (Å²) >= 11 is 0. The summed E-state index contributed by atoms with van der Waals surface area (Å²) in [5.41, 5.74) is 3.93. The van der Waals surface area contributed by atoms with Gasteiger partial charge in [0, 0.05) is 5.69 Å². The molecule has 4 rings (SSSR count). The molecule has 0 saturated heterocycles. The number of hydrogen-bond acceptors (Lipinski definition) is 2. The van der Waals surface area contributed by atoms with E-state index in [-0.39, 0.29) is 17.1 Å². The molecule has 104 valence electrons. The minimum Gasteiger partial charge on any atom is -0.300 e. The fourth-order valence-electron chi connectivity index (χ4n) is 1.96. The van der Waals surface area contributed by atoms with Gasteiger partial charge >= 0.3 is 17.1 Å². The van der Waals surface area contributed by atoms with E-state index in [1.807, 2.05) is 85.1 Å². The summed E-state index contributed by atoms with van der Waals surface area (Å²) in [6, 6.07) is 26.0. The number of para-hydroxylation sites is 2. The Balaban J connectivity index is 0.000000231. The maximum atomic E-state index is 4.56. The first kappa shape index (κ1) is 15.2. The van der Waals surface area contributed by atoms with Crippen molar-refractivity contribution in [1.82, 2.24) is 9.97 Å². The van der Waals surface area contributed by atoms with Gasteiger partial charge in [-0.25, -0.2) is 12.1 Å². The number of fused-ring (bicyclic) bond motifs is 1. The van der Waals surface area contributed by atoms with Crippen LogP contribution in [-0.4, -0.2) is 9.97 Å². The molecule has 4 aromatic rings. The molecule has 21 heavy (non-hydrogen) atoms. The van der Waals surface area contributed by atoms with E-state index in [4.69, 9.17) is 0 Å². The summed E-state index contributed by atoms with van der Waals surface area (Å²) in [7, 11) is 0. The van der Waals surface area contributed by atoms with Gasteiger partial charge in [-0.1, -0.05) is 17.7 Å². The molecule has 0 radical (unpaired) electrons. The molecule has 2 nitrogen and oxygen atoms in total. The van der Waals surface area contributed by atoms with E-state index < -0.39 is 0 Å². The quantitative estimate of drug-likeness (QED) is 0.384. The molecule has 0 unspecified atom stereocenters. The number of nitrogens with zero attached hydrogens (tertiary/aromatic N) is 2. The van der Waals surface area contributed by atoms with Crippen molar-refractivity contribution < 1.29 is 17.1 Å². The minimum absolute atomic E-state index is 0. The second kappa shape index (κ2) is 7.53. The molecule has 1 heterocycles. The zero-order valence-corrected chi connectivity index (χ0v) is 12.4. The number of hydrogen-bond donors (Lipinski definition) is 0. The van der Waals surface area contributed by atoms with Crippen LogP contribution in [0.2, 0.25) is 0 Å². The van der Waals surface area contributed by atoms with Crippen LogP contribution in [0.25, 0.3) is 22.3 Å². The van der Waals surface area contributed by atoms with Crippen LogP contribution in [0.4, 0.5) is 0 Å². The van der Waals surface area contributed by atoms with Crippen LogP contribution in [0.1, 0.15) is 0 Å². The Morgan fingerprint density at radius 1 is 0.810 bits per heavy atom. The Labute approximate surface area is 134 Å².